The minimum Gasteiger partial charge on any atom is -0.345 e. The SMILES string of the molecule is O=c1nc(N2CCN(NCc3cc(F)cc(F)c3)CC2)sc2c([N+](=O)[O-])cc(C(F)(F)F)cc12. The fourth-order valence-electron chi connectivity index (χ4n) is 3.55. The van der Waals surface area contributed by atoms with Crippen molar-refractivity contribution >= 4 is 32.2 Å². The van der Waals surface area contributed by atoms with Gasteiger partial charge in [0.25, 0.3) is 11.2 Å². The lowest BCUT2D eigenvalue weighted by molar-refractivity contribution is -0.383. The standard InChI is InChI=1S/C20H16F5N5O3S/c21-13-5-11(6-14(22)9-13)10-26-29-3-1-28(2-4-29)19-27-18(31)15-7-12(20(23,24)25)8-16(30(32)33)17(15)34-19/h5-9,26H,1-4,10H2. The third-order valence-corrected chi connectivity index (χ3v) is 6.36. The smallest absolute Gasteiger partial charge is 0.345 e. The molecule has 0 radical (unpaired) electrons. The molecule has 1 aromatic heterocycles. The average molecular weight is 501 g/mol. The zero-order chi connectivity index (χ0) is 24.6. The van der Waals surface area contributed by atoms with Crippen molar-refractivity contribution < 1.29 is 26.9 Å². The summed E-state index contributed by atoms with van der Waals surface area (Å²) in [6.45, 7) is 1.74. The van der Waals surface area contributed by atoms with E-state index in [4.69, 9.17) is 0 Å². The average Bonchev–Trinajstić information content (AvgIpc) is 2.76. The Morgan fingerprint density at radius 2 is 1.71 bits per heavy atom. The van der Waals surface area contributed by atoms with Crippen molar-refractivity contribution in [3.8, 4) is 0 Å². The summed E-state index contributed by atoms with van der Waals surface area (Å²) in [5.41, 5.74) is 0.389. The molecule has 1 saturated heterocycles. The van der Waals surface area contributed by atoms with Gasteiger partial charge in [0.1, 0.15) is 16.3 Å². The van der Waals surface area contributed by atoms with Crippen molar-refractivity contribution in [3.63, 3.8) is 0 Å². The highest BCUT2D eigenvalue weighted by molar-refractivity contribution is 7.22. The Labute approximate surface area is 192 Å². The molecule has 180 valence electrons. The van der Waals surface area contributed by atoms with E-state index in [0.717, 1.165) is 17.4 Å². The Morgan fingerprint density at radius 1 is 1.06 bits per heavy atom. The molecule has 3 aromatic rings. The number of nitrogens with one attached hydrogen (secondary N) is 1. The van der Waals surface area contributed by atoms with Crippen molar-refractivity contribution in [2.45, 2.75) is 12.7 Å². The van der Waals surface area contributed by atoms with Crippen molar-refractivity contribution in [1.82, 2.24) is 15.4 Å². The van der Waals surface area contributed by atoms with Crippen LogP contribution in [0.5, 0.6) is 0 Å². The Balaban J connectivity index is 1.52. The first kappa shape index (κ1) is 23.9. The molecular formula is C20H16F5N5O3S. The largest absolute Gasteiger partial charge is 0.416 e. The number of nitro benzene ring substituents is 1. The maximum atomic E-state index is 13.3. The maximum Gasteiger partial charge on any atom is 0.416 e. The molecule has 1 aliphatic heterocycles. The Bertz CT molecular complexity index is 1290. The Hall–Kier alpha value is -3.23. The van der Waals surface area contributed by atoms with Gasteiger partial charge in [0, 0.05) is 44.9 Å². The first-order valence-electron chi connectivity index (χ1n) is 9.90. The van der Waals surface area contributed by atoms with Crippen LogP contribution in [-0.2, 0) is 12.7 Å². The van der Waals surface area contributed by atoms with Crippen molar-refractivity contribution in [3.05, 3.63) is 73.6 Å². The molecule has 0 saturated carbocycles. The number of nitro groups is 1. The number of halogens is 5. The van der Waals surface area contributed by atoms with Crippen LogP contribution in [0.15, 0.2) is 35.1 Å². The fraction of sp³-hybridized carbons (Fsp3) is 0.300. The van der Waals surface area contributed by atoms with Gasteiger partial charge in [0.15, 0.2) is 5.13 Å². The second kappa shape index (κ2) is 9.19. The maximum absolute atomic E-state index is 13.3. The Morgan fingerprint density at radius 3 is 2.29 bits per heavy atom. The minimum atomic E-state index is -4.85. The topological polar surface area (TPSA) is 91.6 Å². The highest BCUT2D eigenvalue weighted by Gasteiger charge is 2.34. The molecule has 8 nitrogen and oxygen atoms in total. The number of alkyl halides is 3. The van der Waals surface area contributed by atoms with Crippen molar-refractivity contribution in [2.75, 3.05) is 31.1 Å². The van der Waals surface area contributed by atoms with Crippen LogP contribution in [0, 0.1) is 21.7 Å². The molecule has 0 unspecified atom stereocenters. The molecule has 2 aromatic carbocycles. The molecule has 34 heavy (non-hydrogen) atoms. The summed E-state index contributed by atoms with van der Waals surface area (Å²) >= 11 is 0.780. The van der Waals surface area contributed by atoms with E-state index >= 15 is 0 Å². The molecule has 14 heteroatoms. The van der Waals surface area contributed by atoms with E-state index < -0.39 is 44.9 Å². The third-order valence-electron chi connectivity index (χ3n) is 5.19. The summed E-state index contributed by atoms with van der Waals surface area (Å²) in [6.07, 6.45) is -4.85. The second-order valence-corrected chi connectivity index (χ2v) is 8.49. The van der Waals surface area contributed by atoms with E-state index in [-0.39, 0.29) is 16.4 Å². The lowest BCUT2D eigenvalue weighted by Gasteiger charge is -2.35. The van der Waals surface area contributed by atoms with Crippen LogP contribution in [0.4, 0.5) is 32.8 Å². The molecule has 2 heterocycles. The summed E-state index contributed by atoms with van der Waals surface area (Å²) in [7, 11) is 0. The number of benzene rings is 2. The van der Waals surface area contributed by atoms with E-state index in [0.29, 0.717) is 43.9 Å². The van der Waals surface area contributed by atoms with Gasteiger partial charge >= 0.3 is 6.18 Å². The van der Waals surface area contributed by atoms with Crippen molar-refractivity contribution in [1.29, 1.82) is 0 Å². The van der Waals surface area contributed by atoms with E-state index in [1.165, 1.54) is 12.1 Å². The number of aromatic nitrogens is 1. The number of anilines is 1. The normalized spacial score (nSPS) is 15.1. The lowest BCUT2D eigenvalue weighted by atomic mass is 10.1. The van der Waals surface area contributed by atoms with Gasteiger partial charge < -0.3 is 4.90 Å². The van der Waals surface area contributed by atoms with Crippen LogP contribution in [0.3, 0.4) is 0 Å². The molecule has 1 N–H and O–H groups in total. The van der Waals surface area contributed by atoms with E-state index in [2.05, 4.69) is 10.4 Å². The quantitative estimate of drug-likeness (QED) is 0.324. The first-order chi connectivity index (χ1) is 16.0. The van der Waals surface area contributed by atoms with E-state index in [9.17, 15) is 36.9 Å². The minimum absolute atomic E-state index is 0.159. The number of nitrogens with zero attached hydrogens (tertiary/aromatic N) is 4. The van der Waals surface area contributed by atoms with Gasteiger partial charge in [-0.3, -0.25) is 20.3 Å². The number of hydrazine groups is 1. The first-order valence-corrected chi connectivity index (χ1v) is 10.7. The van der Waals surface area contributed by atoms with Gasteiger partial charge in [-0.25, -0.2) is 13.8 Å². The molecule has 1 aliphatic rings. The van der Waals surface area contributed by atoms with E-state index in [1.807, 2.05) is 0 Å². The molecule has 0 aliphatic carbocycles. The predicted octanol–water partition coefficient (Wildman–Crippen LogP) is 3.69. The number of hydrogen-bond acceptors (Lipinski definition) is 8. The van der Waals surface area contributed by atoms with Crippen LogP contribution >= 0.6 is 11.3 Å². The molecular weight excluding hydrogens is 485 g/mol. The highest BCUT2D eigenvalue weighted by atomic mass is 32.1. The van der Waals surface area contributed by atoms with Gasteiger partial charge in [0.05, 0.1) is 15.9 Å². The zero-order valence-electron chi connectivity index (χ0n) is 17.2. The van der Waals surface area contributed by atoms with Gasteiger partial charge in [-0.15, -0.1) is 0 Å². The third kappa shape index (κ3) is 5.13. The Kier molecular flexibility index (Phi) is 6.47. The molecule has 0 bridgehead atoms. The van der Waals surface area contributed by atoms with Gasteiger partial charge in [-0.2, -0.15) is 18.2 Å². The number of rotatable bonds is 5. The summed E-state index contributed by atoms with van der Waals surface area (Å²) in [5.74, 6) is -1.37. The molecule has 0 atom stereocenters. The van der Waals surface area contributed by atoms with Crippen LogP contribution in [0.25, 0.3) is 10.1 Å². The van der Waals surface area contributed by atoms with Crippen LogP contribution < -0.4 is 15.9 Å². The monoisotopic (exact) mass is 501 g/mol. The second-order valence-electron chi connectivity index (χ2n) is 7.52. The van der Waals surface area contributed by atoms with Crippen LogP contribution in [-0.4, -0.2) is 41.1 Å². The molecule has 4 rings (SSSR count). The lowest BCUT2D eigenvalue weighted by Crippen LogP contribution is -2.52. The van der Waals surface area contributed by atoms with E-state index in [1.54, 1.807) is 9.91 Å². The molecule has 0 spiro atoms. The number of non-ortho nitro benzene ring substituents is 1. The molecule has 1 fully saturated rings. The van der Waals surface area contributed by atoms with Gasteiger partial charge in [-0.1, -0.05) is 11.3 Å². The zero-order valence-corrected chi connectivity index (χ0v) is 18.1. The fourth-order valence-corrected chi connectivity index (χ4v) is 4.66. The summed E-state index contributed by atoms with van der Waals surface area (Å²) in [5, 5.41) is 12.9. The van der Waals surface area contributed by atoms with Gasteiger partial charge in [-0.05, 0) is 23.8 Å². The summed E-state index contributed by atoms with van der Waals surface area (Å²) < 4.78 is 65.8. The van der Waals surface area contributed by atoms with Crippen LogP contribution in [0.2, 0.25) is 0 Å². The molecule has 0 amide bonds. The van der Waals surface area contributed by atoms with Crippen LogP contribution in [0.1, 0.15) is 11.1 Å². The summed E-state index contributed by atoms with van der Waals surface area (Å²) in [4.78, 5) is 28.5. The number of fused-ring (bicyclic) bond motifs is 1. The number of hydrogen-bond donors (Lipinski definition) is 1. The predicted molar refractivity (Wildman–Crippen MR) is 115 cm³/mol. The number of piperazine rings is 1. The van der Waals surface area contributed by atoms with Crippen molar-refractivity contribution in [2.24, 2.45) is 0 Å². The summed E-state index contributed by atoms with van der Waals surface area (Å²) in [6, 6.07) is 4.19. The van der Waals surface area contributed by atoms with Gasteiger partial charge in [0.2, 0.25) is 0 Å². The highest BCUT2D eigenvalue weighted by Crippen LogP contribution is 2.38.